The smallest absolute Gasteiger partial charge is 0.232 e. The molecular weight excluding hydrogens is 222 g/mol. The second-order valence-corrected chi connectivity index (χ2v) is 4.45. The fraction of sp³-hybridized carbons (Fsp3) is 0.0667. The Kier molecular flexibility index (Phi) is 1.81. The Hall–Kier alpha value is -2.29. The molecule has 0 spiro atoms. The van der Waals surface area contributed by atoms with Gasteiger partial charge in [-0.1, -0.05) is 42.5 Å². The minimum absolute atomic E-state index is 0.951. The van der Waals surface area contributed by atoms with Gasteiger partial charge in [0.05, 0.1) is 5.69 Å². The maximum Gasteiger partial charge on any atom is 0.232 e. The first kappa shape index (κ1) is 9.71. The molecule has 0 aromatic heterocycles. The van der Waals surface area contributed by atoms with E-state index >= 15 is 0 Å². The predicted molar refractivity (Wildman–Crippen MR) is 71.9 cm³/mol. The van der Waals surface area contributed by atoms with Crippen LogP contribution < -0.4 is 4.90 Å². The van der Waals surface area contributed by atoms with Crippen LogP contribution in [0.4, 0.5) is 5.69 Å². The van der Waals surface area contributed by atoms with Gasteiger partial charge in [-0.25, -0.2) is 0 Å². The van der Waals surface area contributed by atoms with Crippen molar-refractivity contribution in [1.82, 2.24) is 5.01 Å². The summed E-state index contributed by atoms with van der Waals surface area (Å²) in [6.45, 7) is 3.22. The van der Waals surface area contributed by atoms with Crippen LogP contribution in [0, 0.1) is 6.67 Å². The molecule has 0 saturated carbocycles. The molecule has 0 fully saturated rings. The summed E-state index contributed by atoms with van der Waals surface area (Å²) >= 11 is 0. The standard InChI is InChI=1S/C15H11N3/c1-17-10-18-14-9-5-4-7-12(14)11-6-2-3-8-13(11)15(18)16-17/h2-9H,1H3. The molecule has 0 amide bonds. The predicted octanol–water partition coefficient (Wildman–Crippen LogP) is 2.78. The number of hydrazone groups is 1. The minimum Gasteiger partial charge on any atom is -0.291 e. The van der Waals surface area contributed by atoms with Crippen LogP contribution in [-0.4, -0.2) is 17.9 Å². The molecule has 2 radical (unpaired) electrons. The molecule has 2 aromatic carbocycles. The summed E-state index contributed by atoms with van der Waals surface area (Å²) in [4.78, 5) is 2.03. The van der Waals surface area contributed by atoms with E-state index in [1.165, 1.54) is 11.1 Å². The lowest BCUT2D eigenvalue weighted by atomic mass is 9.93. The summed E-state index contributed by atoms with van der Waals surface area (Å²) < 4.78 is 0. The lowest BCUT2D eigenvalue weighted by Crippen LogP contribution is -2.29. The second kappa shape index (κ2) is 3.35. The van der Waals surface area contributed by atoms with Gasteiger partial charge in [-0.3, -0.25) is 9.91 Å². The van der Waals surface area contributed by atoms with Crippen LogP contribution in [-0.2, 0) is 0 Å². The fourth-order valence-corrected chi connectivity index (χ4v) is 2.55. The lowest BCUT2D eigenvalue weighted by Gasteiger charge is -2.28. The summed E-state index contributed by atoms with van der Waals surface area (Å²) in [6.07, 6.45) is 0. The van der Waals surface area contributed by atoms with Crippen LogP contribution >= 0.6 is 0 Å². The highest BCUT2D eigenvalue weighted by Crippen LogP contribution is 2.41. The zero-order chi connectivity index (χ0) is 12.1. The van der Waals surface area contributed by atoms with E-state index in [4.69, 9.17) is 0 Å². The van der Waals surface area contributed by atoms with Gasteiger partial charge >= 0.3 is 0 Å². The SMILES string of the molecule is CN1[C]N2C(=N1)c1ccccc1-c1ccccc12. The quantitative estimate of drug-likeness (QED) is 0.696. The lowest BCUT2D eigenvalue weighted by molar-refractivity contribution is 0.456. The van der Waals surface area contributed by atoms with Crippen molar-refractivity contribution in [3.05, 3.63) is 60.8 Å². The normalized spacial score (nSPS) is 15.9. The maximum absolute atomic E-state index is 4.52. The Morgan fingerprint density at radius 2 is 1.56 bits per heavy atom. The van der Waals surface area contributed by atoms with Crippen molar-refractivity contribution in [2.45, 2.75) is 0 Å². The number of benzene rings is 2. The highest BCUT2D eigenvalue weighted by Gasteiger charge is 2.33. The third-order valence-corrected chi connectivity index (χ3v) is 3.30. The molecule has 0 N–H and O–H groups in total. The largest absolute Gasteiger partial charge is 0.291 e. The van der Waals surface area contributed by atoms with Gasteiger partial charge in [0.2, 0.25) is 6.67 Å². The van der Waals surface area contributed by atoms with Crippen molar-refractivity contribution < 1.29 is 0 Å². The highest BCUT2D eigenvalue weighted by atomic mass is 15.6. The first-order valence-corrected chi connectivity index (χ1v) is 5.92. The first-order chi connectivity index (χ1) is 8.84. The van der Waals surface area contributed by atoms with Crippen molar-refractivity contribution in [2.75, 3.05) is 11.9 Å². The molecular formula is C15H11N3. The molecule has 2 heterocycles. The molecule has 0 aliphatic carbocycles. The maximum atomic E-state index is 4.52. The molecule has 3 heteroatoms. The molecule has 0 saturated heterocycles. The second-order valence-electron chi connectivity index (χ2n) is 4.45. The van der Waals surface area contributed by atoms with Crippen molar-refractivity contribution >= 4 is 11.5 Å². The van der Waals surface area contributed by atoms with Crippen LogP contribution in [0.3, 0.4) is 0 Å². The van der Waals surface area contributed by atoms with Gasteiger partial charge in [0.25, 0.3) is 0 Å². The molecule has 4 rings (SSSR count). The van der Waals surface area contributed by atoms with Gasteiger partial charge in [-0.15, -0.1) is 0 Å². The zero-order valence-electron chi connectivity index (χ0n) is 9.96. The van der Waals surface area contributed by atoms with E-state index in [0.717, 1.165) is 17.1 Å². The summed E-state index contributed by atoms with van der Waals surface area (Å²) in [6, 6.07) is 16.7. The first-order valence-electron chi connectivity index (χ1n) is 5.92. The summed E-state index contributed by atoms with van der Waals surface area (Å²) in [5.41, 5.74) is 4.77. The van der Waals surface area contributed by atoms with E-state index < -0.39 is 0 Å². The van der Waals surface area contributed by atoms with Crippen molar-refractivity contribution in [3.63, 3.8) is 0 Å². The molecule has 2 aliphatic rings. The third kappa shape index (κ3) is 1.16. The van der Waals surface area contributed by atoms with E-state index in [1.54, 1.807) is 5.01 Å². The minimum atomic E-state index is 0.951. The molecule has 0 atom stereocenters. The van der Waals surface area contributed by atoms with Gasteiger partial charge < -0.3 is 0 Å². The molecule has 2 aromatic rings. The molecule has 2 aliphatic heterocycles. The van der Waals surface area contributed by atoms with Crippen LogP contribution in [0.1, 0.15) is 5.56 Å². The number of hydrogen-bond acceptors (Lipinski definition) is 3. The molecule has 18 heavy (non-hydrogen) atoms. The number of fused-ring (bicyclic) bond motifs is 6. The van der Waals surface area contributed by atoms with E-state index in [2.05, 4.69) is 48.2 Å². The Bertz CT molecular complexity index is 660. The van der Waals surface area contributed by atoms with Crippen molar-refractivity contribution in [2.24, 2.45) is 5.10 Å². The van der Waals surface area contributed by atoms with E-state index in [9.17, 15) is 0 Å². The highest BCUT2D eigenvalue weighted by molar-refractivity contribution is 6.20. The molecule has 0 bridgehead atoms. The Labute approximate surface area is 106 Å². The van der Waals surface area contributed by atoms with Crippen LogP contribution in [0.25, 0.3) is 11.1 Å². The van der Waals surface area contributed by atoms with Gasteiger partial charge in [-0.2, -0.15) is 5.10 Å². The number of nitrogens with zero attached hydrogens (tertiary/aromatic N) is 3. The molecule has 0 unspecified atom stereocenters. The van der Waals surface area contributed by atoms with Crippen LogP contribution in [0.5, 0.6) is 0 Å². The Morgan fingerprint density at radius 1 is 0.889 bits per heavy atom. The topological polar surface area (TPSA) is 18.8 Å². The fourth-order valence-electron chi connectivity index (χ4n) is 2.55. The molecule has 3 nitrogen and oxygen atoms in total. The average molecular weight is 233 g/mol. The number of anilines is 1. The summed E-state index contributed by atoms with van der Waals surface area (Å²) in [5, 5.41) is 6.25. The Morgan fingerprint density at radius 3 is 2.39 bits per heavy atom. The third-order valence-electron chi connectivity index (χ3n) is 3.30. The van der Waals surface area contributed by atoms with Gasteiger partial charge in [0.1, 0.15) is 0 Å². The van der Waals surface area contributed by atoms with Gasteiger partial charge in [-0.05, 0) is 11.6 Å². The monoisotopic (exact) mass is 233 g/mol. The Balaban J connectivity index is 2.07. The van der Waals surface area contributed by atoms with Gasteiger partial charge in [0.15, 0.2) is 5.84 Å². The average Bonchev–Trinajstić information content (AvgIpc) is 2.81. The summed E-state index contributed by atoms with van der Waals surface area (Å²) in [7, 11) is 1.90. The molecule has 86 valence electrons. The number of amidine groups is 1. The van der Waals surface area contributed by atoms with Gasteiger partial charge in [0, 0.05) is 18.2 Å². The van der Waals surface area contributed by atoms with E-state index in [0.29, 0.717) is 0 Å². The van der Waals surface area contributed by atoms with E-state index in [1.807, 2.05) is 24.1 Å². The van der Waals surface area contributed by atoms with Crippen LogP contribution in [0.2, 0.25) is 0 Å². The number of rotatable bonds is 0. The van der Waals surface area contributed by atoms with Crippen molar-refractivity contribution in [1.29, 1.82) is 0 Å². The zero-order valence-corrected chi connectivity index (χ0v) is 9.96. The number of hydrogen-bond donors (Lipinski definition) is 0. The number of para-hydroxylation sites is 1. The van der Waals surface area contributed by atoms with Crippen molar-refractivity contribution in [3.8, 4) is 11.1 Å². The van der Waals surface area contributed by atoms with E-state index in [-0.39, 0.29) is 0 Å². The summed E-state index contributed by atoms with van der Waals surface area (Å²) in [5.74, 6) is 0.951. The van der Waals surface area contributed by atoms with Crippen LogP contribution in [0.15, 0.2) is 53.6 Å².